The van der Waals surface area contributed by atoms with Crippen LogP contribution in [0.3, 0.4) is 0 Å². The molecule has 0 spiro atoms. The summed E-state index contributed by atoms with van der Waals surface area (Å²) in [6, 6.07) is 10.9. The second-order valence-electron chi connectivity index (χ2n) is 10.7. The average Bonchev–Trinajstić information content (AvgIpc) is 3.54. The fourth-order valence-electron chi connectivity index (χ4n) is 5.98. The van der Waals surface area contributed by atoms with E-state index in [-0.39, 0.29) is 12.3 Å². The van der Waals surface area contributed by atoms with E-state index in [1.165, 1.54) is 25.2 Å². The Labute approximate surface area is 230 Å². The van der Waals surface area contributed by atoms with Crippen LogP contribution in [0.25, 0.3) is 22.2 Å². The van der Waals surface area contributed by atoms with Gasteiger partial charge in [0.05, 0.1) is 17.4 Å². The first-order valence-electron chi connectivity index (χ1n) is 13.7. The molecule has 2 aliphatic heterocycles. The zero-order valence-corrected chi connectivity index (χ0v) is 22.0. The summed E-state index contributed by atoms with van der Waals surface area (Å²) in [7, 11) is 0. The summed E-state index contributed by atoms with van der Waals surface area (Å²) in [5.74, 6) is 0.887. The molecule has 3 N–H and O–H groups in total. The molecule has 0 unspecified atom stereocenters. The van der Waals surface area contributed by atoms with Crippen LogP contribution in [0.4, 0.5) is 24.7 Å². The molecule has 0 bridgehead atoms. The Kier molecular flexibility index (Phi) is 6.95. The number of alkyl halides is 3. The summed E-state index contributed by atoms with van der Waals surface area (Å²) >= 11 is 0. The lowest BCUT2D eigenvalue weighted by Crippen LogP contribution is -2.30. The molecule has 6 rings (SSSR count). The van der Waals surface area contributed by atoms with E-state index in [1.54, 1.807) is 11.0 Å². The fraction of sp³-hybridized carbons (Fsp3) is 0.367. The van der Waals surface area contributed by atoms with Gasteiger partial charge in [-0.25, -0.2) is 9.97 Å². The highest BCUT2D eigenvalue weighted by Crippen LogP contribution is 2.38. The molecule has 40 heavy (non-hydrogen) atoms. The number of piperidine rings is 1. The van der Waals surface area contributed by atoms with Gasteiger partial charge in [-0.2, -0.15) is 13.2 Å². The maximum absolute atomic E-state index is 13.1. The molecule has 1 fully saturated rings. The number of halogens is 3. The van der Waals surface area contributed by atoms with Crippen LogP contribution in [0.5, 0.6) is 0 Å². The average molecular weight is 549 g/mol. The number of anilines is 2. The molecule has 10 heteroatoms. The molecule has 4 aromatic rings. The highest BCUT2D eigenvalue weighted by atomic mass is 19.4. The van der Waals surface area contributed by atoms with Crippen molar-refractivity contribution < 1.29 is 18.0 Å². The molecule has 0 atom stereocenters. The van der Waals surface area contributed by atoms with Crippen molar-refractivity contribution >= 4 is 28.4 Å². The molecule has 4 heterocycles. The van der Waals surface area contributed by atoms with E-state index < -0.39 is 11.7 Å². The van der Waals surface area contributed by atoms with Crippen LogP contribution in [0.2, 0.25) is 0 Å². The number of hydrogen-bond acceptors (Lipinski definition) is 5. The minimum absolute atomic E-state index is 0.0937. The highest BCUT2D eigenvalue weighted by molar-refractivity contribution is 6.02. The van der Waals surface area contributed by atoms with Gasteiger partial charge in [-0.15, -0.1) is 0 Å². The van der Waals surface area contributed by atoms with Crippen molar-refractivity contribution in [2.45, 2.75) is 44.8 Å². The van der Waals surface area contributed by atoms with E-state index in [4.69, 9.17) is 5.73 Å². The van der Waals surface area contributed by atoms with Gasteiger partial charge in [0.1, 0.15) is 17.8 Å². The fourth-order valence-corrected chi connectivity index (χ4v) is 5.98. The Balaban J connectivity index is 1.25. The number of fused-ring (bicyclic) bond motifs is 2. The first-order valence-corrected chi connectivity index (χ1v) is 13.7. The molecule has 0 saturated carbocycles. The molecule has 1 amide bonds. The van der Waals surface area contributed by atoms with Crippen LogP contribution in [-0.2, 0) is 30.4 Å². The highest BCUT2D eigenvalue weighted by Gasteiger charge is 2.31. The van der Waals surface area contributed by atoms with Crippen LogP contribution in [0, 0.1) is 5.92 Å². The predicted octanol–water partition coefficient (Wildman–Crippen LogP) is 5.22. The number of hydrogen-bond donors (Lipinski definition) is 2. The summed E-state index contributed by atoms with van der Waals surface area (Å²) in [4.78, 5) is 23.6. The first-order chi connectivity index (χ1) is 19.3. The molecular formula is C30H31F3N6O. The molecule has 0 radical (unpaired) electrons. The summed E-state index contributed by atoms with van der Waals surface area (Å²) in [6.07, 6.45) is 3.15. The minimum Gasteiger partial charge on any atom is -0.383 e. The lowest BCUT2D eigenvalue weighted by atomic mass is 9.95. The minimum atomic E-state index is -4.44. The van der Waals surface area contributed by atoms with Crippen molar-refractivity contribution in [3.63, 3.8) is 0 Å². The number of nitrogens with two attached hydrogens (primary N) is 1. The largest absolute Gasteiger partial charge is 0.416 e. The van der Waals surface area contributed by atoms with E-state index in [2.05, 4.69) is 32.1 Å². The number of nitrogen functional groups attached to an aromatic ring is 1. The number of benzene rings is 2. The van der Waals surface area contributed by atoms with E-state index in [0.717, 1.165) is 71.6 Å². The third-order valence-corrected chi connectivity index (χ3v) is 8.12. The van der Waals surface area contributed by atoms with Crippen molar-refractivity contribution in [1.82, 2.24) is 19.9 Å². The Morgan fingerprint density at radius 2 is 1.93 bits per heavy atom. The third-order valence-electron chi connectivity index (χ3n) is 8.12. The topological polar surface area (TPSA) is 89.1 Å². The van der Waals surface area contributed by atoms with Crippen molar-refractivity contribution in [3.8, 4) is 11.1 Å². The van der Waals surface area contributed by atoms with Gasteiger partial charge in [-0.05, 0) is 79.6 Å². The summed E-state index contributed by atoms with van der Waals surface area (Å²) in [5.41, 5.74) is 10.5. The number of carbonyl (C=O) groups is 1. The monoisotopic (exact) mass is 548 g/mol. The van der Waals surface area contributed by atoms with E-state index in [1.807, 2.05) is 12.1 Å². The number of rotatable bonds is 6. The van der Waals surface area contributed by atoms with Gasteiger partial charge in [0.2, 0.25) is 5.91 Å². The SMILES string of the molecule is Nc1ncnc2c1c(-c1ccc3c(c1)CCN3C(=O)Cc1cccc(C(F)(F)F)c1)cn2CCC1CCNCC1. The Bertz CT molecular complexity index is 1560. The van der Waals surface area contributed by atoms with Gasteiger partial charge in [0.25, 0.3) is 0 Å². The zero-order chi connectivity index (χ0) is 27.9. The van der Waals surface area contributed by atoms with Gasteiger partial charge in [-0.3, -0.25) is 4.79 Å². The second kappa shape index (κ2) is 10.6. The zero-order valence-electron chi connectivity index (χ0n) is 22.0. The third kappa shape index (κ3) is 5.15. The van der Waals surface area contributed by atoms with E-state index in [0.29, 0.717) is 30.3 Å². The van der Waals surface area contributed by atoms with Crippen molar-refractivity contribution in [2.75, 3.05) is 30.3 Å². The van der Waals surface area contributed by atoms with Gasteiger partial charge in [0.15, 0.2) is 0 Å². The van der Waals surface area contributed by atoms with Crippen LogP contribution < -0.4 is 16.0 Å². The Morgan fingerprint density at radius 1 is 1.10 bits per heavy atom. The molecule has 208 valence electrons. The molecule has 2 aromatic heterocycles. The van der Waals surface area contributed by atoms with Gasteiger partial charge in [0, 0.05) is 30.5 Å². The number of aromatic nitrogens is 3. The number of aryl methyl sites for hydroxylation is 1. The van der Waals surface area contributed by atoms with Crippen molar-refractivity contribution in [1.29, 1.82) is 0 Å². The molecule has 1 saturated heterocycles. The molecule has 2 aliphatic rings. The summed E-state index contributed by atoms with van der Waals surface area (Å²) in [5, 5.41) is 4.24. The van der Waals surface area contributed by atoms with Crippen molar-refractivity contribution in [2.24, 2.45) is 5.92 Å². The molecule has 7 nitrogen and oxygen atoms in total. The molecule has 2 aromatic carbocycles. The number of amides is 1. The van der Waals surface area contributed by atoms with Crippen LogP contribution >= 0.6 is 0 Å². The van der Waals surface area contributed by atoms with E-state index >= 15 is 0 Å². The standard InChI is InChI=1S/C30H31F3N6O/c31-30(32,33)23-3-1-2-20(14-23)15-26(40)39-13-9-22-16-21(4-5-25(22)39)24-17-38(12-8-19-6-10-35-11-7-19)29-27(24)28(34)36-18-37-29/h1-5,14,16-19,35H,6-13,15H2,(H2,34,36,37). The molecular weight excluding hydrogens is 517 g/mol. The number of nitrogens with one attached hydrogen (secondary N) is 1. The van der Waals surface area contributed by atoms with Crippen LogP contribution in [0.1, 0.15) is 36.0 Å². The normalized spacial score (nSPS) is 16.0. The molecule has 0 aliphatic carbocycles. The smallest absolute Gasteiger partial charge is 0.383 e. The van der Waals surface area contributed by atoms with Crippen LogP contribution in [-0.4, -0.2) is 40.1 Å². The summed E-state index contributed by atoms with van der Waals surface area (Å²) < 4.78 is 41.5. The van der Waals surface area contributed by atoms with Gasteiger partial charge < -0.3 is 20.5 Å². The van der Waals surface area contributed by atoms with Crippen LogP contribution in [0.15, 0.2) is 55.0 Å². The van der Waals surface area contributed by atoms with Crippen molar-refractivity contribution in [3.05, 3.63) is 71.7 Å². The first kappa shape index (κ1) is 26.3. The Hall–Kier alpha value is -3.92. The maximum Gasteiger partial charge on any atom is 0.416 e. The van der Waals surface area contributed by atoms with E-state index in [9.17, 15) is 18.0 Å². The predicted molar refractivity (Wildman–Crippen MR) is 149 cm³/mol. The second-order valence-corrected chi connectivity index (χ2v) is 10.7. The summed E-state index contributed by atoms with van der Waals surface area (Å²) in [6.45, 7) is 3.46. The lowest BCUT2D eigenvalue weighted by Gasteiger charge is -2.22. The lowest BCUT2D eigenvalue weighted by molar-refractivity contribution is -0.137. The van der Waals surface area contributed by atoms with Gasteiger partial charge >= 0.3 is 6.18 Å². The quantitative estimate of drug-likeness (QED) is 0.345. The van der Waals surface area contributed by atoms with Gasteiger partial charge in [-0.1, -0.05) is 24.3 Å². The number of nitrogens with zero attached hydrogens (tertiary/aromatic N) is 4. The number of carbonyl (C=O) groups excluding carboxylic acids is 1. The Morgan fingerprint density at radius 3 is 2.73 bits per heavy atom. The maximum atomic E-state index is 13.1.